The summed E-state index contributed by atoms with van der Waals surface area (Å²) in [7, 11) is 0. The number of carbonyl (C=O) groups excluding carboxylic acids is 4. The largest absolute Gasteiger partial charge is 0.479 e. The third kappa shape index (κ3) is 8.42. The van der Waals surface area contributed by atoms with Crippen molar-refractivity contribution in [1.82, 2.24) is 9.88 Å². The van der Waals surface area contributed by atoms with E-state index < -0.39 is 89.4 Å². The van der Waals surface area contributed by atoms with E-state index in [0.29, 0.717) is 0 Å². The quantitative estimate of drug-likeness (QED) is 0.267. The van der Waals surface area contributed by atoms with Gasteiger partial charge in [-0.2, -0.15) is 8.78 Å². The molecule has 1 heterocycles. The number of rotatable bonds is 10. The van der Waals surface area contributed by atoms with Crippen LogP contribution in [0.5, 0.6) is 5.75 Å². The van der Waals surface area contributed by atoms with Crippen LogP contribution in [0.2, 0.25) is 0 Å². The Labute approximate surface area is 213 Å². The zero-order valence-corrected chi connectivity index (χ0v) is 20.8. The van der Waals surface area contributed by atoms with E-state index in [-0.39, 0.29) is 11.8 Å². The van der Waals surface area contributed by atoms with E-state index in [2.05, 4.69) is 15.4 Å². The summed E-state index contributed by atoms with van der Waals surface area (Å²) in [5.74, 6) is -12.3. The van der Waals surface area contributed by atoms with Crippen molar-refractivity contribution in [2.45, 2.75) is 52.3 Å². The van der Waals surface area contributed by atoms with Crippen molar-refractivity contribution in [3.63, 3.8) is 0 Å². The molecule has 0 radical (unpaired) electrons. The van der Waals surface area contributed by atoms with Crippen molar-refractivity contribution in [2.24, 2.45) is 0 Å². The maximum Gasteiger partial charge on any atom is 0.308 e. The van der Waals surface area contributed by atoms with Crippen LogP contribution in [-0.2, 0) is 30.5 Å². The van der Waals surface area contributed by atoms with E-state index >= 15 is 0 Å². The molecule has 2 rings (SSSR count). The molecule has 206 valence electrons. The maximum atomic E-state index is 13.9. The molecule has 38 heavy (non-hydrogen) atoms. The number of amides is 2. The molecule has 0 aliphatic rings. The third-order valence-electron chi connectivity index (χ3n) is 4.59. The number of carbonyl (C=O) groups is 4. The molecule has 0 spiro atoms. The molecule has 1 aromatic carbocycles. The van der Waals surface area contributed by atoms with Gasteiger partial charge in [-0.1, -0.05) is 0 Å². The third-order valence-corrected chi connectivity index (χ3v) is 4.59. The standard InChI is InChI=1S/C24H25F4N3O7/c1-12(32)29-15-6-5-7-31(23(15)36)10-18(34)30-16(9-19(35)38-24(2,3)4)17(33)11-37-22-20(27)13(25)8-14(26)21(22)28/h5-8,16H,9-11H2,1-4H3,(H,29,32)(H,30,34)/t16-/m0/s1. The molecule has 2 aromatic rings. The minimum atomic E-state index is -1.89. The second-order valence-corrected chi connectivity index (χ2v) is 9.00. The van der Waals surface area contributed by atoms with E-state index in [0.717, 1.165) is 4.57 Å². The Balaban J connectivity index is 2.23. The van der Waals surface area contributed by atoms with Crippen LogP contribution >= 0.6 is 0 Å². The van der Waals surface area contributed by atoms with E-state index in [9.17, 15) is 41.5 Å². The van der Waals surface area contributed by atoms with Crippen LogP contribution in [0.3, 0.4) is 0 Å². The molecule has 0 aliphatic carbocycles. The Hall–Kier alpha value is -4.23. The van der Waals surface area contributed by atoms with Gasteiger partial charge in [-0.05, 0) is 32.9 Å². The number of anilines is 1. The van der Waals surface area contributed by atoms with E-state index in [4.69, 9.17) is 4.74 Å². The highest BCUT2D eigenvalue weighted by Crippen LogP contribution is 2.26. The fraction of sp³-hybridized carbons (Fsp3) is 0.375. The number of Topliss-reactive ketones (excluding diaryl/α,β-unsaturated/α-hetero) is 1. The molecule has 0 saturated carbocycles. The molecule has 1 atom stereocenters. The minimum absolute atomic E-state index is 0.0479. The van der Waals surface area contributed by atoms with Crippen LogP contribution in [0, 0.1) is 23.3 Å². The lowest BCUT2D eigenvalue weighted by atomic mass is 10.1. The van der Waals surface area contributed by atoms with Crippen LogP contribution < -0.4 is 20.9 Å². The first-order valence-corrected chi connectivity index (χ1v) is 11.1. The lowest BCUT2D eigenvalue weighted by Crippen LogP contribution is -2.47. The SMILES string of the molecule is CC(=O)Nc1cccn(CC(=O)N[C@@H](CC(=O)OC(C)(C)C)C(=O)COc2c(F)c(F)cc(F)c2F)c1=O. The van der Waals surface area contributed by atoms with Crippen LogP contribution in [0.1, 0.15) is 34.1 Å². The number of nitrogens with zero attached hydrogens (tertiary/aromatic N) is 1. The van der Waals surface area contributed by atoms with Crippen molar-refractivity contribution in [3.8, 4) is 5.75 Å². The molecule has 10 nitrogen and oxygen atoms in total. The summed E-state index contributed by atoms with van der Waals surface area (Å²) in [5.41, 5.74) is -1.82. The molecule has 14 heteroatoms. The fourth-order valence-electron chi connectivity index (χ4n) is 3.06. The highest BCUT2D eigenvalue weighted by molar-refractivity contribution is 5.93. The zero-order chi connectivity index (χ0) is 28.8. The van der Waals surface area contributed by atoms with Gasteiger partial charge in [0.15, 0.2) is 23.2 Å². The van der Waals surface area contributed by atoms with Crippen molar-refractivity contribution < 1.29 is 46.2 Å². The summed E-state index contributed by atoms with van der Waals surface area (Å²) in [6.07, 6.45) is 0.486. The first kappa shape index (κ1) is 30.0. The Bertz CT molecular complexity index is 1280. The van der Waals surface area contributed by atoms with Gasteiger partial charge in [0.25, 0.3) is 5.56 Å². The topological polar surface area (TPSA) is 133 Å². The van der Waals surface area contributed by atoms with Crippen LogP contribution in [-0.4, -0.2) is 46.4 Å². The second kappa shape index (κ2) is 12.3. The monoisotopic (exact) mass is 543 g/mol. The van der Waals surface area contributed by atoms with Gasteiger partial charge in [-0.3, -0.25) is 24.0 Å². The van der Waals surface area contributed by atoms with Gasteiger partial charge in [0.05, 0.1) is 6.42 Å². The smallest absolute Gasteiger partial charge is 0.308 e. The molecule has 0 fully saturated rings. The first-order chi connectivity index (χ1) is 17.6. The van der Waals surface area contributed by atoms with E-state index in [1.807, 2.05) is 0 Å². The number of ether oxygens (including phenoxy) is 2. The maximum absolute atomic E-state index is 13.9. The molecule has 2 N–H and O–H groups in total. The summed E-state index contributed by atoms with van der Waals surface area (Å²) < 4.78 is 65.3. The van der Waals surface area contributed by atoms with Gasteiger partial charge < -0.3 is 24.7 Å². The average molecular weight is 543 g/mol. The number of ketones is 1. The number of halogens is 4. The van der Waals surface area contributed by atoms with Crippen molar-refractivity contribution >= 4 is 29.3 Å². The number of esters is 1. The van der Waals surface area contributed by atoms with Gasteiger partial charge in [0.2, 0.25) is 23.4 Å². The molecule has 0 bridgehead atoms. The van der Waals surface area contributed by atoms with Crippen LogP contribution in [0.4, 0.5) is 23.2 Å². The van der Waals surface area contributed by atoms with Gasteiger partial charge in [0.1, 0.15) is 30.5 Å². The molecular formula is C24H25F4N3O7. The summed E-state index contributed by atoms with van der Waals surface area (Å²) in [5, 5.41) is 4.50. The average Bonchev–Trinajstić information content (AvgIpc) is 2.78. The van der Waals surface area contributed by atoms with E-state index in [1.165, 1.54) is 25.3 Å². The Morgan fingerprint density at radius 3 is 2.21 bits per heavy atom. The van der Waals surface area contributed by atoms with Crippen molar-refractivity contribution in [3.05, 3.63) is 58.0 Å². The summed E-state index contributed by atoms with van der Waals surface area (Å²) in [4.78, 5) is 61.4. The predicted octanol–water partition coefficient (Wildman–Crippen LogP) is 2.23. The number of aromatic nitrogens is 1. The first-order valence-electron chi connectivity index (χ1n) is 11.1. The number of hydrogen-bond acceptors (Lipinski definition) is 7. The fourth-order valence-corrected chi connectivity index (χ4v) is 3.06. The number of hydrogen-bond donors (Lipinski definition) is 2. The summed E-state index contributed by atoms with van der Waals surface area (Å²) in [6.45, 7) is 3.96. The molecule has 0 unspecified atom stereocenters. The number of pyridine rings is 1. The lowest BCUT2D eigenvalue weighted by molar-refractivity contribution is -0.156. The molecular weight excluding hydrogens is 518 g/mol. The van der Waals surface area contributed by atoms with Crippen molar-refractivity contribution in [1.29, 1.82) is 0 Å². The number of benzene rings is 1. The van der Waals surface area contributed by atoms with Crippen LogP contribution in [0.25, 0.3) is 0 Å². The lowest BCUT2D eigenvalue weighted by Gasteiger charge is -2.22. The minimum Gasteiger partial charge on any atom is -0.479 e. The second-order valence-electron chi connectivity index (χ2n) is 9.00. The van der Waals surface area contributed by atoms with Crippen molar-refractivity contribution in [2.75, 3.05) is 11.9 Å². The highest BCUT2D eigenvalue weighted by Gasteiger charge is 2.29. The summed E-state index contributed by atoms with van der Waals surface area (Å²) >= 11 is 0. The molecule has 0 aliphatic heterocycles. The zero-order valence-electron chi connectivity index (χ0n) is 20.8. The Morgan fingerprint density at radius 1 is 1.05 bits per heavy atom. The molecule has 2 amide bonds. The Morgan fingerprint density at radius 2 is 1.66 bits per heavy atom. The summed E-state index contributed by atoms with van der Waals surface area (Å²) in [6, 6.07) is 0.959. The van der Waals surface area contributed by atoms with Gasteiger partial charge in [-0.25, -0.2) is 8.78 Å². The normalized spacial score (nSPS) is 11.9. The Kier molecular flexibility index (Phi) is 9.74. The molecule has 1 aromatic heterocycles. The predicted molar refractivity (Wildman–Crippen MR) is 124 cm³/mol. The highest BCUT2D eigenvalue weighted by atomic mass is 19.2. The molecule has 0 saturated heterocycles. The number of nitrogens with one attached hydrogen (secondary N) is 2. The van der Waals surface area contributed by atoms with Gasteiger partial charge in [-0.15, -0.1) is 0 Å². The van der Waals surface area contributed by atoms with Gasteiger partial charge >= 0.3 is 5.97 Å². The van der Waals surface area contributed by atoms with E-state index in [1.54, 1.807) is 20.8 Å². The van der Waals surface area contributed by atoms with Gasteiger partial charge in [0, 0.05) is 19.2 Å². The van der Waals surface area contributed by atoms with Crippen LogP contribution in [0.15, 0.2) is 29.2 Å².